The molecule has 1 aromatic carbocycles. The Morgan fingerprint density at radius 1 is 1.29 bits per heavy atom. The molecule has 0 bridgehead atoms. The van der Waals surface area contributed by atoms with Crippen LogP contribution in [0.1, 0.15) is 30.3 Å². The molecule has 146 valence electrons. The van der Waals surface area contributed by atoms with Crippen molar-refractivity contribution in [3.63, 3.8) is 0 Å². The summed E-state index contributed by atoms with van der Waals surface area (Å²) >= 11 is 0. The van der Waals surface area contributed by atoms with E-state index in [0.717, 1.165) is 0 Å². The molecule has 1 amide bonds. The Kier molecular flexibility index (Phi) is 5.83. The highest BCUT2D eigenvalue weighted by Crippen LogP contribution is 2.21. The van der Waals surface area contributed by atoms with Gasteiger partial charge in [0, 0.05) is 37.2 Å². The Balaban J connectivity index is 1.70. The summed E-state index contributed by atoms with van der Waals surface area (Å²) in [5, 5.41) is 14.8. The van der Waals surface area contributed by atoms with E-state index in [0.29, 0.717) is 31.0 Å². The average molecular weight is 384 g/mol. The fraction of sp³-hybridized carbons (Fsp3) is 0.316. The zero-order chi connectivity index (χ0) is 20.1. The van der Waals surface area contributed by atoms with Crippen LogP contribution in [0.3, 0.4) is 0 Å². The summed E-state index contributed by atoms with van der Waals surface area (Å²) in [5.74, 6) is 0.983. The molecule has 0 N–H and O–H groups in total. The largest absolute Gasteiger partial charge is 0.459 e. The first kappa shape index (κ1) is 19.3. The first-order valence-corrected chi connectivity index (χ1v) is 8.84. The standard InChI is InChI=1S/C19H20N4O5/c1-13(2)12-22(19(24)16-7-4-10-27-16)9-8-17-20-18(21-28-17)14-5-3-6-15(11-14)23(25)26/h3-7,10-11,13H,8-9,12H2,1-2H3. The Morgan fingerprint density at radius 3 is 2.79 bits per heavy atom. The lowest BCUT2D eigenvalue weighted by molar-refractivity contribution is -0.384. The molecule has 0 saturated heterocycles. The Labute approximate surface area is 161 Å². The minimum absolute atomic E-state index is 0.0454. The summed E-state index contributed by atoms with van der Waals surface area (Å²) in [6.07, 6.45) is 1.82. The topological polar surface area (TPSA) is 116 Å². The predicted molar refractivity (Wildman–Crippen MR) is 99.5 cm³/mol. The quantitative estimate of drug-likeness (QED) is 0.430. The molecule has 9 nitrogen and oxygen atoms in total. The van der Waals surface area contributed by atoms with E-state index >= 15 is 0 Å². The first-order chi connectivity index (χ1) is 13.4. The maximum absolute atomic E-state index is 12.6. The lowest BCUT2D eigenvalue weighted by Gasteiger charge is -2.22. The van der Waals surface area contributed by atoms with E-state index in [9.17, 15) is 14.9 Å². The van der Waals surface area contributed by atoms with Crippen LogP contribution in [0.25, 0.3) is 11.4 Å². The molecule has 3 rings (SSSR count). The number of aromatic nitrogens is 2. The molecule has 2 aromatic heterocycles. The van der Waals surface area contributed by atoms with Gasteiger partial charge < -0.3 is 13.8 Å². The van der Waals surface area contributed by atoms with Crippen LogP contribution >= 0.6 is 0 Å². The number of hydrogen-bond acceptors (Lipinski definition) is 7. The van der Waals surface area contributed by atoms with Crippen molar-refractivity contribution in [2.45, 2.75) is 20.3 Å². The molecule has 0 fully saturated rings. The summed E-state index contributed by atoms with van der Waals surface area (Å²) < 4.78 is 10.5. The summed E-state index contributed by atoms with van der Waals surface area (Å²) in [7, 11) is 0. The smallest absolute Gasteiger partial charge is 0.289 e. The molecule has 2 heterocycles. The van der Waals surface area contributed by atoms with Gasteiger partial charge in [-0.25, -0.2) is 0 Å². The number of nitrogens with zero attached hydrogens (tertiary/aromatic N) is 4. The zero-order valence-electron chi connectivity index (χ0n) is 15.6. The molecule has 0 aliphatic heterocycles. The lowest BCUT2D eigenvalue weighted by atomic mass is 10.2. The number of nitro benzene ring substituents is 1. The number of amides is 1. The summed E-state index contributed by atoms with van der Waals surface area (Å²) in [5.41, 5.74) is 0.450. The fourth-order valence-electron chi connectivity index (χ4n) is 2.74. The third-order valence-corrected chi connectivity index (χ3v) is 3.98. The van der Waals surface area contributed by atoms with Gasteiger partial charge in [0.15, 0.2) is 5.76 Å². The number of rotatable bonds is 8. The molecular weight excluding hydrogens is 364 g/mol. The normalized spacial score (nSPS) is 11.0. The molecule has 0 radical (unpaired) electrons. The maximum Gasteiger partial charge on any atom is 0.289 e. The van der Waals surface area contributed by atoms with Crippen molar-refractivity contribution in [2.75, 3.05) is 13.1 Å². The van der Waals surface area contributed by atoms with Crippen molar-refractivity contribution in [2.24, 2.45) is 5.92 Å². The van der Waals surface area contributed by atoms with Gasteiger partial charge in [0.1, 0.15) is 0 Å². The third-order valence-electron chi connectivity index (χ3n) is 3.98. The van der Waals surface area contributed by atoms with E-state index in [1.165, 1.54) is 18.4 Å². The minimum Gasteiger partial charge on any atom is -0.459 e. The van der Waals surface area contributed by atoms with E-state index in [1.807, 2.05) is 13.8 Å². The number of carbonyl (C=O) groups is 1. The lowest BCUT2D eigenvalue weighted by Crippen LogP contribution is -2.35. The van der Waals surface area contributed by atoms with Crippen LogP contribution in [-0.2, 0) is 6.42 Å². The maximum atomic E-state index is 12.6. The number of carbonyl (C=O) groups excluding carboxylic acids is 1. The SMILES string of the molecule is CC(C)CN(CCc1nc(-c2cccc([N+](=O)[O-])c2)no1)C(=O)c1ccco1. The molecule has 9 heteroatoms. The van der Waals surface area contributed by atoms with Crippen molar-refractivity contribution < 1.29 is 18.7 Å². The fourth-order valence-corrected chi connectivity index (χ4v) is 2.74. The number of benzene rings is 1. The van der Waals surface area contributed by atoms with E-state index in [-0.39, 0.29) is 29.1 Å². The van der Waals surface area contributed by atoms with E-state index in [1.54, 1.807) is 29.2 Å². The third kappa shape index (κ3) is 4.61. The second-order valence-electron chi connectivity index (χ2n) is 6.69. The molecule has 0 unspecified atom stereocenters. The van der Waals surface area contributed by atoms with Gasteiger partial charge >= 0.3 is 0 Å². The van der Waals surface area contributed by atoms with Gasteiger partial charge in [0.2, 0.25) is 11.7 Å². The highest BCUT2D eigenvalue weighted by Gasteiger charge is 2.20. The van der Waals surface area contributed by atoms with E-state index in [2.05, 4.69) is 10.1 Å². The number of hydrogen-bond donors (Lipinski definition) is 0. The molecule has 0 spiro atoms. The number of furan rings is 1. The average Bonchev–Trinajstić information content (AvgIpc) is 3.36. The monoisotopic (exact) mass is 384 g/mol. The zero-order valence-corrected chi connectivity index (χ0v) is 15.6. The van der Waals surface area contributed by atoms with Crippen LogP contribution in [0, 0.1) is 16.0 Å². The van der Waals surface area contributed by atoms with Crippen molar-refractivity contribution in [3.8, 4) is 11.4 Å². The van der Waals surface area contributed by atoms with Gasteiger partial charge in [-0.05, 0) is 18.1 Å². The van der Waals surface area contributed by atoms with Gasteiger partial charge in [0.25, 0.3) is 11.6 Å². The van der Waals surface area contributed by atoms with E-state index < -0.39 is 4.92 Å². The summed E-state index contributed by atoms with van der Waals surface area (Å²) in [6.45, 7) is 4.99. The molecule has 0 atom stereocenters. The Hall–Kier alpha value is -3.49. The summed E-state index contributed by atoms with van der Waals surface area (Å²) in [6, 6.07) is 9.32. The van der Waals surface area contributed by atoms with Crippen molar-refractivity contribution in [3.05, 3.63) is 64.4 Å². The van der Waals surface area contributed by atoms with Gasteiger partial charge in [-0.2, -0.15) is 4.98 Å². The van der Waals surface area contributed by atoms with Crippen molar-refractivity contribution in [1.29, 1.82) is 0 Å². The van der Waals surface area contributed by atoms with Crippen LogP contribution in [0.4, 0.5) is 5.69 Å². The number of nitro groups is 1. The van der Waals surface area contributed by atoms with Crippen LogP contribution in [0.5, 0.6) is 0 Å². The van der Waals surface area contributed by atoms with Crippen LogP contribution in [0.2, 0.25) is 0 Å². The van der Waals surface area contributed by atoms with Gasteiger partial charge in [0.05, 0.1) is 11.2 Å². The molecule has 28 heavy (non-hydrogen) atoms. The summed E-state index contributed by atoms with van der Waals surface area (Å²) in [4.78, 5) is 29.0. The molecule has 0 saturated carbocycles. The Bertz CT molecular complexity index is 949. The molecular formula is C19H20N4O5. The van der Waals surface area contributed by atoms with Gasteiger partial charge in [-0.1, -0.05) is 31.1 Å². The first-order valence-electron chi connectivity index (χ1n) is 8.84. The van der Waals surface area contributed by atoms with Crippen molar-refractivity contribution >= 4 is 11.6 Å². The van der Waals surface area contributed by atoms with Crippen LogP contribution in [-0.4, -0.2) is 39.0 Å². The Morgan fingerprint density at radius 2 is 2.11 bits per heavy atom. The van der Waals surface area contributed by atoms with Crippen LogP contribution in [0.15, 0.2) is 51.6 Å². The van der Waals surface area contributed by atoms with Gasteiger partial charge in [-0.3, -0.25) is 14.9 Å². The number of non-ortho nitro benzene ring substituents is 1. The van der Waals surface area contributed by atoms with Crippen molar-refractivity contribution in [1.82, 2.24) is 15.0 Å². The van der Waals surface area contributed by atoms with Gasteiger partial charge in [-0.15, -0.1) is 0 Å². The second kappa shape index (κ2) is 8.47. The highest BCUT2D eigenvalue weighted by molar-refractivity contribution is 5.91. The highest BCUT2D eigenvalue weighted by atomic mass is 16.6. The van der Waals surface area contributed by atoms with E-state index in [4.69, 9.17) is 8.94 Å². The molecule has 3 aromatic rings. The molecule has 0 aliphatic rings. The predicted octanol–water partition coefficient (Wildman–Crippen LogP) is 3.58. The minimum atomic E-state index is -0.478. The molecule has 0 aliphatic carbocycles. The van der Waals surface area contributed by atoms with Crippen LogP contribution < -0.4 is 0 Å². The second-order valence-corrected chi connectivity index (χ2v) is 6.69.